The van der Waals surface area contributed by atoms with Gasteiger partial charge in [0, 0.05) is 32.0 Å². The molecule has 1 aliphatic carbocycles. The Kier molecular flexibility index (Phi) is 11.6. The number of anilines is 1. The highest BCUT2D eigenvalue weighted by Gasteiger charge is 2.32. The summed E-state index contributed by atoms with van der Waals surface area (Å²) in [5.41, 5.74) is 2.36. The molecule has 43 heavy (non-hydrogen) atoms. The Morgan fingerprint density at radius 3 is 2.21 bits per heavy atom. The third-order valence-corrected chi connectivity index (χ3v) is 9.10. The predicted molar refractivity (Wildman–Crippen MR) is 170 cm³/mol. The van der Waals surface area contributed by atoms with Crippen molar-refractivity contribution in [2.75, 3.05) is 24.2 Å². The van der Waals surface area contributed by atoms with Gasteiger partial charge in [0.15, 0.2) is 0 Å². The fourth-order valence-electron chi connectivity index (χ4n) is 5.66. The second-order valence-corrected chi connectivity index (χ2v) is 13.1. The molecule has 0 spiro atoms. The van der Waals surface area contributed by atoms with Crippen LogP contribution < -0.4 is 14.4 Å². The lowest BCUT2D eigenvalue weighted by atomic mass is 9.94. The molecule has 1 atom stereocenters. The van der Waals surface area contributed by atoms with Crippen LogP contribution >= 0.6 is 0 Å². The Labute approximate surface area is 256 Å². The van der Waals surface area contributed by atoms with E-state index in [9.17, 15) is 18.0 Å². The number of amides is 2. The first kappa shape index (κ1) is 32.1. The quantitative estimate of drug-likeness (QED) is 0.268. The molecule has 0 unspecified atom stereocenters. The number of methoxy groups -OCH3 is 1. The van der Waals surface area contributed by atoms with Crippen LogP contribution in [0.4, 0.5) is 5.69 Å². The van der Waals surface area contributed by atoms with Gasteiger partial charge in [-0.15, -0.1) is 0 Å². The predicted octanol–water partition coefficient (Wildman–Crippen LogP) is 5.33. The summed E-state index contributed by atoms with van der Waals surface area (Å²) in [7, 11) is -1.95. The van der Waals surface area contributed by atoms with Crippen LogP contribution in [-0.4, -0.2) is 57.1 Å². The Balaban J connectivity index is 1.60. The molecule has 0 bridgehead atoms. The average Bonchev–Trinajstić information content (AvgIpc) is 3.01. The van der Waals surface area contributed by atoms with Crippen LogP contribution in [0, 0.1) is 0 Å². The second kappa shape index (κ2) is 15.6. The standard InChI is InChI=1S/C34H43N3O5S/c1-42-31-21-12-16-28(24-31)26-36(33(38)22-13-23-37(43(2,40)41)30-19-10-5-11-20-30)32(25-27-14-6-3-7-15-27)34(39)35-29-17-8-4-9-18-29/h3,5-7,10-12,14-16,19-21,24,29,32H,4,8-9,13,17-18,22-23,25-26H2,1-2H3,(H,35,39)/t32-/m1/s1. The van der Waals surface area contributed by atoms with Gasteiger partial charge < -0.3 is 15.0 Å². The largest absolute Gasteiger partial charge is 0.497 e. The van der Waals surface area contributed by atoms with Crippen molar-refractivity contribution in [1.29, 1.82) is 0 Å². The van der Waals surface area contributed by atoms with E-state index in [4.69, 9.17) is 4.74 Å². The molecule has 8 nitrogen and oxygen atoms in total. The Hall–Kier alpha value is -3.85. The Morgan fingerprint density at radius 1 is 0.907 bits per heavy atom. The molecule has 230 valence electrons. The summed E-state index contributed by atoms with van der Waals surface area (Å²) in [6, 6.07) is 25.5. The van der Waals surface area contributed by atoms with Crippen molar-refractivity contribution in [2.45, 2.75) is 70.0 Å². The summed E-state index contributed by atoms with van der Waals surface area (Å²) in [5, 5.41) is 3.25. The van der Waals surface area contributed by atoms with Crippen LogP contribution in [0.3, 0.4) is 0 Å². The molecule has 0 saturated heterocycles. The number of nitrogens with zero attached hydrogens (tertiary/aromatic N) is 2. The van der Waals surface area contributed by atoms with Crippen LogP contribution in [0.15, 0.2) is 84.9 Å². The van der Waals surface area contributed by atoms with E-state index in [0.29, 0.717) is 24.3 Å². The average molecular weight is 606 g/mol. The van der Waals surface area contributed by atoms with Crippen LogP contribution in [0.25, 0.3) is 0 Å². The minimum absolute atomic E-state index is 0.0881. The first-order valence-corrected chi connectivity index (χ1v) is 16.9. The number of nitrogens with one attached hydrogen (secondary N) is 1. The van der Waals surface area contributed by atoms with Crippen LogP contribution in [0.2, 0.25) is 0 Å². The van der Waals surface area contributed by atoms with Gasteiger partial charge in [0.1, 0.15) is 11.8 Å². The zero-order valence-electron chi connectivity index (χ0n) is 25.2. The first-order valence-electron chi connectivity index (χ1n) is 15.0. The lowest BCUT2D eigenvalue weighted by molar-refractivity contribution is -0.141. The van der Waals surface area contributed by atoms with Gasteiger partial charge in [-0.2, -0.15) is 0 Å². The summed E-state index contributed by atoms with van der Waals surface area (Å²) in [6.45, 7) is 0.374. The zero-order chi connectivity index (χ0) is 30.7. The molecule has 0 aromatic heterocycles. The van der Waals surface area contributed by atoms with Crippen LogP contribution in [0.5, 0.6) is 5.75 Å². The van der Waals surface area contributed by atoms with Gasteiger partial charge in [-0.3, -0.25) is 13.9 Å². The molecule has 1 N–H and O–H groups in total. The fraction of sp³-hybridized carbons (Fsp3) is 0.412. The van der Waals surface area contributed by atoms with Crippen LogP contribution in [0.1, 0.15) is 56.1 Å². The van der Waals surface area contributed by atoms with Gasteiger partial charge in [0.05, 0.1) is 19.1 Å². The molecule has 2 amide bonds. The van der Waals surface area contributed by atoms with E-state index in [2.05, 4.69) is 5.32 Å². The molecule has 3 aromatic carbocycles. The summed E-state index contributed by atoms with van der Waals surface area (Å²) in [6.07, 6.45) is 7.15. The number of benzene rings is 3. The van der Waals surface area contributed by atoms with Gasteiger partial charge in [-0.05, 0) is 54.7 Å². The third-order valence-electron chi connectivity index (χ3n) is 7.91. The minimum atomic E-state index is -3.55. The number of hydrogen-bond donors (Lipinski definition) is 1. The van der Waals surface area contributed by atoms with Gasteiger partial charge in [0.25, 0.3) is 0 Å². The number of ether oxygens (including phenoxy) is 1. The number of carbonyl (C=O) groups excluding carboxylic acids is 2. The van der Waals surface area contributed by atoms with E-state index in [1.807, 2.05) is 60.7 Å². The monoisotopic (exact) mass is 605 g/mol. The summed E-state index contributed by atoms with van der Waals surface area (Å²) < 4.78 is 31.9. The molecular formula is C34H43N3O5S. The minimum Gasteiger partial charge on any atom is -0.497 e. The SMILES string of the molecule is COc1cccc(CN(C(=O)CCCN(c2ccccc2)S(C)(=O)=O)[C@H](Cc2ccccc2)C(=O)NC2CCCCC2)c1. The highest BCUT2D eigenvalue weighted by molar-refractivity contribution is 7.92. The maximum absolute atomic E-state index is 14.0. The van der Waals surface area contributed by atoms with Crippen molar-refractivity contribution in [2.24, 2.45) is 0 Å². The van der Waals surface area contributed by atoms with E-state index in [1.54, 1.807) is 36.3 Å². The van der Waals surface area contributed by atoms with E-state index in [0.717, 1.165) is 36.8 Å². The fourth-order valence-corrected chi connectivity index (χ4v) is 6.63. The molecule has 4 rings (SSSR count). The third kappa shape index (κ3) is 9.58. The molecule has 1 aliphatic rings. The Bertz CT molecular complexity index is 1430. The number of carbonyl (C=O) groups is 2. The van der Waals surface area contributed by atoms with Gasteiger partial charge in [0.2, 0.25) is 21.8 Å². The van der Waals surface area contributed by atoms with Crippen molar-refractivity contribution in [1.82, 2.24) is 10.2 Å². The highest BCUT2D eigenvalue weighted by Crippen LogP contribution is 2.23. The lowest BCUT2D eigenvalue weighted by Crippen LogP contribution is -2.52. The van der Waals surface area contributed by atoms with E-state index < -0.39 is 16.1 Å². The van der Waals surface area contributed by atoms with Crippen LogP contribution in [-0.2, 0) is 32.6 Å². The summed E-state index contributed by atoms with van der Waals surface area (Å²) in [5.74, 6) is 0.306. The molecule has 0 radical (unpaired) electrons. The number of para-hydroxylation sites is 1. The summed E-state index contributed by atoms with van der Waals surface area (Å²) in [4.78, 5) is 29.7. The number of rotatable bonds is 14. The number of sulfonamides is 1. The zero-order valence-corrected chi connectivity index (χ0v) is 26.0. The maximum Gasteiger partial charge on any atom is 0.243 e. The summed E-state index contributed by atoms with van der Waals surface area (Å²) >= 11 is 0. The molecule has 0 aliphatic heterocycles. The van der Waals surface area contributed by atoms with Gasteiger partial charge in [-0.1, -0.05) is 79.9 Å². The normalized spacial score (nSPS) is 14.5. The van der Waals surface area contributed by atoms with E-state index >= 15 is 0 Å². The van der Waals surface area contributed by atoms with Crippen molar-refractivity contribution >= 4 is 27.5 Å². The van der Waals surface area contributed by atoms with Gasteiger partial charge >= 0.3 is 0 Å². The van der Waals surface area contributed by atoms with Crippen molar-refractivity contribution < 1.29 is 22.7 Å². The second-order valence-electron chi connectivity index (χ2n) is 11.2. The van der Waals surface area contributed by atoms with Crippen molar-refractivity contribution in [3.05, 3.63) is 96.1 Å². The topological polar surface area (TPSA) is 96.0 Å². The lowest BCUT2D eigenvalue weighted by Gasteiger charge is -2.34. The molecule has 0 heterocycles. The molecule has 3 aromatic rings. The maximum atomic E-state index is 14.0. The van der Waals surface area contributed by atoms with Crippen molar-refractivity contribution in [3.8, 4) is 5.75 Å². The molecule has 1 saturated carbocycles. The first-order chi connectivity index (χ1) is 20.7. The highest BCUT2D eigenvalue weighted by atomic mass is 32.2. The molecule has 9 heteroatoms. The molecular weight excluding hydrogens is 562 g/mol. The van der Waals surface area contributed by atoms with E-state index in [1.165, 1.54) is 17.0 Å². The van der Waals surface area contributed by atoms with E-state index in [-0.39, 0.29) is 37.4 Å². The Morgan fingerprint density at radius 2 is 1.56 bits per heavy atom. The number of hydrogen-bond acceptors (Lipinski definition) is 5. The smallest absolute Gasteiger partial charge is 0.243 e. The molecule has 1 fully saturated rings. The van der Waals surface area contributed by atoms with Gasteiger partial charge in [-0.25, -0.2) is 8.42 Å². The van der Waals surface area contributed by atoms with Crippen molar-refractivity contribution in [3.63, 3.8) is 0 Å².